The second-order valence-electron chi connectivity index (χ2n) is 11.8. The first-order valence-corrected chi connectivity index (χ1v) is 17.5. The van der Waals surface area contributed by atoms with Crippen molar-refractivity contribution in [2.45, 2.75) is 125 Å². The first-order valence-electron chi connectivity index (χ1n) is 12.4. The van der Waals surface area contributed by atoms with Crippen LogP contribution < -0.4 is 0 Å². The van der Waals surface area contributed by atoms with Crippen molar-refractivity contribution in [3.05, 3.63) is 0 Å². The van der Waals surface area contributed by atoms with Crippen molar-refractivity contribution in [1.29, 1.82) is 5.41 Å². The normalized spacial score (nSPS) is 30.6. The van der Waals surface area contributed by atoms with Gasteiger partial charge in [-0.15, -0.1) is 0 Å². The van der Waals surface area contributed by atoms with E-state index in [0.717, 1.165) is 0 Å². The van der Waals surface area contributed by atoms with Gasteiger partial charge >= 0.3 is 17.1 Å². The van der Waals surface area contributed by atoms with Gasteiger partial charge in [0.1, 0.15) is 6.10 Å². The fraction of sp³-hybridized carbons (Fsp3) is 0.957. The lowest BCUT2D eigenvalue weighted by atomic mass is 9.86. The van der Waals surface area contributed by atoms with E-state index >= 15 is 0 Å². The molecule has 0 amide bonds. The van der Waals surface area contributed by atoms with Gasteiger partial charge in [-0.3, -0.25) is 5.41 Å². The molecule has 0 spiro atoms. The second kappa shape index (κ2) is 11.0. The fourth-order valence-electron chi connectivity index (χ4n) is 5.68. The third kappa shape index (κ3) is 6.10. The summed E-state index contributed by atoms with van der Waals surface area (Å²) in [5.74, 6) is -0.517. The topological polar surface area (TPSA) is 73.2 Å². The fourth-order valence-corrected chi connectivity index (χ4v) is 17.1. The van der Waals surface area contributed by atoms with Gasteiger partial charge in [0, 0.05) is 0 Å². The molecule has 0 bridgehead atoms. The molecule has 2 heterocycles. The number of likely N-dealkylation sites (N-methyl/N-ethyl adjacent to an activating group) is 1. The first kappa shape index (κ1) is 31.8. The van der Waals surface area contributed by atoms with Crippen LogP contribution in [-0.2, 0) is 22.4 Å². The Kier molecular flexibility index (Phi) is 9.97. The molecular weight excluding hydrogens is 547 g/mol. The summed E-state index contributed by atoms with van der Waals surface area (Å²) in [6.07, 6.45) is -2.12. The molecule has 4 atom stereocenters. The number of nitrogens with one attached hydrogen (secondary N) is 1. The van der Waals surface area contributed by atoms with E-state index in [1.807, 2.05) is 27.9 Å². The first-order chi connectivity index (χ1) is 15.7. The largest absolute Gasteiger partial charge is 0.445 e. The standard InChI is InChI=1S/C23H45Cl3N2O5Si2/c1-13(2)34(14(3)4)31-17-18(32-35(33-34,15(5)6)16(7)8)20(29-21(27)23(24,25)26)30-22(9,10)19(17)28(11)12/h13-20,27H,1-12H3/t17-,18+,19-,20?/m0/s1. The van der Waals surface area contributed by atoms with Gasteiger partial charge in [0.15, 0.2) is 0 Å². The Morgan fingerprint density at radius 3 is 1.60 bits per heavy atom. The number of alkyl halides is 3. The Morgan fingerprint density at radius 1 is 0.857 bits per heavy atom. The number of hydrogen-bond acceptors (Lipinski definition) is 7. The van der Waals surface area contributed by atoms with Gasteiger partial charge in [-0.25, -0.2) is 0 Å². The van der Waals surface area contributed by atoms with E-state index in [0.29, 0.717) is 0 Å². The SMILES string of the molecule is CC(C)[Si]1(C(C)C)O[C@@H]2[C@H](N(C)C)C(C)(C)OC(OC(=N)C(Cl)(Cl)Cl)[C@@H]2O[Si](C(C)C)(C(C)C)O1. The van der Waals surface area contributed by atoms with Crippen LogP contribution in [0.1, 0.15) is 69.2 Å². The smallest absolute Gasteiger partial charge is 0.335 e. The highest BCUT2D eigenvalue weighted by Gasteiger charge is 2.66. The summed E-state index contributed by atoms with van der Waals surface area (Å²) >= 11 is 17.9. The van der Waals surface area contributed by atoms with Crippen molar-refractivity contribution in [1.82, 2.24) is 4.90 Å². The zero-order chi connectivity index (χ0) is 27.3. The van der Waals surface area contributed by atoms with Crippen LogP contribution >= 0.6 is 34.8 Å². The van der Waals surface area contributed by atoms with Gasteiger partial charge in [-0.1, -0.05) is 90.2 Å². The predicted molar refractivity (Wildman–Crippen MR) is 148 cm³/mol. The Labute approximate surface area is 229 Å². The summed E-state index contributed by atoms with van der Waals surface area (Å²) in [6.45, 7) is 21.4. The van der Waals surface area contributed by atoms with Crippen molar-refractivity contribution in [3.63, 3.8) is 0 Å². The van der Waals surface area contributed by atoms with E-state index < -0.39 is 50.9 Å². The molecular formula is C23H45Cl3N2O5Si2. The maximum Gasteiger partial charge on any atom is 0.335 e. The monoisotopic (exact) mass is 590 g/mol. The lowest BCUT2D eigenvalue weighted by Crippen LogP contribution is -2.70. The van der Waals surface area contributed by atoms with Crippen LogP contribution in [-0.4, -0.2) is 75.9 Å². The number of hydrogen-bond donors (Lipinski definition) is 1. The number of ether oxygens (including phenoxy) is 2. The molecule has 0 aromatic rings. The summed E-state index contributed by atoms with van der Waals surface area (Å²) in [7, 11) is -1.74. The van der Waals surface area contributed by atoms with Gasteiger partial charge < -0.3 is 27.3 Å². The van der Waals surface area contributed by atoms with Crippen LogP contribution in [0.5, 0.6) is 0 Å². The molecule has 2 aliphatic rings. The molecule has 0 aromatic carbocycles. The lowest BCUT2D eigenvalue weighted by Gasteiger charge is -2.53. The van der Waals surface area contributed by atoms with Crippen LogP contribution in [0.4, 0.5) is 0 Å². The molecule has 7 nitrogen and oxygen atoms in total. The number of rotatable bonds is 6. The molecule has 12 heteroatoms. The minimum Gasteiger partial charge on any atom is -0.445 e. The second-order valence-corrected chi connectivity index (χ2v) is 22.8. The maximum atomic E-state index is 8.27. The molecule has 0 radical (unpaired) electrons. The summed E-state index contributed by atoms with van der Waals surface area (Å²) in [5, 5.41) is 8.27. The van der Waals surface area contributed by atoms with Crippen LogP contribution in [0.25, 0.3) is 0 Å². The molecule has 1 unspecified atom stereocenters. The molecule has 1 N–H and O–H groups in total. The quantitative estimate of drug-likeness (QED) is 0.160. The van der Waals surface area contributed by atoms with Crippen molar-refractivity contribution in [3.8, 4) is 0 Å². The van der Waals surface area contributed by atoms with Gasteiger partial charge in [0.25, 0.3) is 3.79 Å². The van der Waals surface area contributed by atoms with Crippen LogP contribution in [0, 0.1) is 5.41 Å². The highest BCUT2D eigenvalue weighted by molar-refractivity contribution is 6.84. The summed E-state index contributed by atoms with van der Waals surface area (Å²) < 4.78 is 32.0. The van der Waals surface area contributed by atoms with Crippen molar-refractivity contribution in [2.75, 3.05) is 14.1 Å². The van der Waals surface area contributed by atoms with Gasteiger partial charge in [-0.2, -0.15) is 0 Å². The minimum absolute atomic E-state index is 0.134. The molecule has 2 saturated heterocycles. The zero-order valence-corrected chi connectivity index (χ0v) is 27.5. The van der Waals surface area contributed by atoms with Crippen LogP contribution in [0.3, 0.4) is 0 Å². The van der Waals surface area contributed by atoms with Gasteiger partial charge in [-0.05, 0) is 50.1 Å². The van der Waals surface area contributed by atoms with E-state index in [9.17, 15) is 0 Å². The average Bonchev–Trinajstić information content (AvgIpc) is 2.83. The van der Waals surface area contributed by atoms with E-state index in [2.05, 4.69) is 60.3 Å². The average molecular weight is 592 g/mol. The highest BCUT2D eigenvalue weighted by atomic mass is 35.6. The Balaban J connectivity index is 2.80. The minimum atomic E-state index is -2.92. The molecule has 35 heavy (non-hydrogen) atoms. The molecule has 2 rings (SSSR count). The van der Waals surface area contributed by atoms with Crippen molar-refractivity contribution < 1.29 is 22.4 Å². The van der Waals surface area contributed by atoms with Gasteiger partial charge in [0.05, 0.1) is 17.7 Å². The molecule has 0 aromatic heterocycles. The Morgan fingerprint density at radius 2 is 1.26 bits per heavy atom. The maximum absolute atomic E-state index is 8.27. The van der Waals surface area contributed by atoms with Crippen LogP contribution in [0.15, 0.2) is 0 Å². The summed E-state index contributed by atoms with van der Waals surface area (Å²) in [5.41, 5.74) is -0.0839. The zero-order valence-electron chi connectivity index (χ0n) is 23.2. The van der Waals surface area contributed by atoms with E-state index in [4.69, 9.17) is 62.7 Å². The summed E-state index contributed by atoms with van der Waals surface area (Å²) in [6, 6.07) is -0.175. The van der Waals surface area contributed by atoms with E-state index in [-0.39, 0.29) is 28.2 Å². The van der Waals surface area contributed by atoms with E-state index in [1.165, 1.54) is 0 Å². The van der Waals surface area contributed by atoms with E-state index in [1.54, 1.807) is 0 Å². The number of nitrogens with zero attached hydrogens (tertiary/aromatic N) is 1. The molecule has 0 aliphatic carbocycles. The van der Waals surface area contributed by atoms with Gasteiger partial charge in [0.2, 0.25) is 12.2 Å². The van der Waals surface area contributed by atoms with Crippen LogP contribution in [0.2, 0.25) is 22.2 Å². The molecule has 206 valence electrons. The predicted octanol–water partition coefficient (Wildman–Crippen LogP) is 6.74. The van der Waals surface area contributed by atoms with Crippen molar-refractivity contribution in [2.24, 2.45) is 0 Å². The highest BCUT2D eigenvalue weighted by Crippen LogP contribution is 2.51. The molecule has 2 fully saturated rings. The third-order valence-corrected chi connectivity index (χ3v) is 18.0. The third-order valence-electron chi connectivity index (χ3n) is 7.26. The van der Waals surface area contributed by atoms with Crippen molar-refractivity contribution >= 4 is 57.8 Å². The number of halogens is 3. The molecule has 0 saturated carbocycles. The Bertz CT molecular complexity index is 746. The number of fused-ring (bicyclic) bond motifs is 1. The Hall–Kier alpha value is 0.574. The summed E-state index contributed by atoms with van der Waals surface area (Å²) in [4.78, 5) is 2.11. The lowest BCUT2D eigenvalue weighted by molar-refractivity contribution is -0.283. The molecule has 2 aliphatic heterocycles.